The molecule has 2 aromatic rings. The number of hydrogen-bond acceptors (Lipinski definition) is 2. The summed E-state index contributed by atoms with van der Waals surface area (Å²) in [6, 6.07) is 3.51. The summed E-state index contributed by atoms with van der Waals surface area (Å²) in [6.45, 7) is 0. The number of halogens is 5. The largest absolute Gasteiger partial charge is 0.419 e. The van der Waals surface area contributed by atoms with Crippen LogP contribution >= 0.6 is 22.9 Å². The lowest BCUT2D eigenvalue weighted by molar-refractivity contribution is -0.140. The highest BCUT2D eigenvalue weighted by Gasteiger charge is 2.34. The summed E-state index contributed by atoms with van der Waals surface area (Å²) in [6.07, 6.45) is -4.75. The molecule has 0 saturated carbocycles. The van der Waals surface area contributed by atoms with E-state index in [9.17, 15) is 17.6 Å². The third-order valence-corrected chi connectivity index (χ3v) is 4.02. The lowest BCUT2D eigenvalue weighted by Gasteiger charge is -2.14. The Balaban J connectivity index is 2.44. The van der Waals surface area contributed by atoms with Crippen LogP contribution in [0.25, 0.3) is 0 Å². The van der Waals surface area contributed by atoms with Gasteiger partial charge < -0.3 is 5.73 Å². The fraction of sp³-hybridized carbons (Fsp3) is 0.167. The van der Waals surface area contributed by atoms with E-state index in [-0.39, 0.29) is 5.56 Å². The molecule has 1 nitrogen and oxygen atoms in total. The molecule has 0 spiro atoms. The minimum absolute atomic E-state index is 0.165. The van der Waals surface area contributed by atoms with Crippen LogP contribution in [0.5, 0.6) is 0 Å². The van der Waals surface area contributed by atoms with Gasteiger partial charge in [-0.3, -0.25) is 0 Å². The second kappa shape index (κ2) is 5.11. The van der Waals surface area contributed by atoms with Crippen molar-refractivity contribution in [2.75, 3.05) is 0 Å². The fourth-order valence-electron chi connectivity index (χ4n) is 1.63. The Kier molecular flexibility index (Phi) is 3.85. The molecule has 1 heterocycles. The van der Waals surface area contributed by atoms with Crippen molar-refractivity contribution in [1.82, 2.24) is 0 Å². The molecule has 102 valence electrons. The quantitative estimate of drug-likeness (QED) is 0.806. The van der Waals surface area contributed by atoms with Crippen molar-refractivity contribution >= 4 is 22.9 Å². The van der Waals surface area contributed by atoms with Crippen LogP contribution in [-0.2, 0) is 6.18 Å². The third kappa shape index (κ3) is 2.91. The predicted molar refractivity (Wildman–Crippen MR) is 66.8 cm³/mol. The minimum atomic E-state index is -4.75. The normalized spacial score (nSPS) is 13.6. The SMILES string of the molecule is NC(c1ccc(F)c(C(F)(F)F)c1)c1sccc1Cl. The average molecular weight is 310 g/mol. The van der Waals surface area contributed by atoms with Gasteiger partial charge in [0.2, 0.25) is 0 Å². The number of nitrogens with two attached hydrogens (primary N) is 1. The molecule has 0 fully saturated rings. The van der Waals surface area contributed by atoms with Gasteiger partial charge in [-0.25, -0.2) is 4.39 Å². The van der Waals surface area contributed by atoms with Crippen LogP contribution in [0.4, 0.5) is 17.6 Å². The van der Waals surface area contributed by atoms with E-state index in [0.29, 0.717) is 9.90 Å². The van der Waals surface area contributed by atoms with Gasteiger partial charge in [0.05, 0.1) is 16.6 Å². The summed E-state index contributed by atoms with van der Waals surface area (Å²) in [5.74, 6) is -1.32. The Morgan fingerprint density at radius 1 is 1.21 bits per heavy atom. The lowest BCUT2D eigenvalue weighted by atomic mass is 10.0. The van der Waals surface area contributed by atoms with Crippen molar-refractivity contribution in [3.8, 4) is 0 Å². The van der Waals surface area contributed by atoms with Crippen molar-refractivity contribution in [3.05, 3.63) is 56.5 Å². The smallest absolute Gasteiger partial charge is 0.320 e. The highest BCUT2D eigenvalue weighted by atomic mass is 35.5. The molecule has 0 saturated heterocycles. The Bertz CT molecular complexity index is 594. The summed E-state index contributed by atoms with van der Waals surface area (Å²) in [4.78, 5) is 0.543. The number of rotatable bonds is 2. The van der Waals surface area contributed by atoms with Gasteiger partial charge in [-0.15, -0.1) is 11.3 Å². The first-order valence-electron chi connectivity index (χ1n) is 5.16. The molecule has 0 aliphatic heterocycles. The molecule has 7 heteroatoms. The van der Waals surface area contributed by atoms with Crippen LogP contribution in [0, 0.1) is 5.82 Å². The molecule has 1 aromatic heterocycles. The zero-order valence-electron chi connectivity index (χ0n) is 9.34. The van der Waals surface area contributed by atoms with Crippen molar-refractivity contribution in [1.29, 1.82) is 0 Å². The van der Waals surface area contributed by atoms with E-state index in [4.69, 9.17) is 17.3 Å². The molecular formula is C12H8ClF4NS. The van der Waals surface area contributed by atoms with Crippen LogP contribution in [0.1, 0.15) is 22.0 Å². The standard InChI is InChI=1S/C12H8ClF4NS/c13-8-3-4-19-11(8)10(18)6-1-2-9(14)7(5-6)12(15,16)17/h1-5,10H,18H2. The lowest BCUT2D eigenvalue weighted by Crippen LogP contribution is -2.14. The molecule has 0 amide bonds. The van der Waals surface area contributed by atoms with E-state index in [1.54, 1.807) is 11.4 Å². The third-order valence-electron chi connectivity index (χ3n) is 2.58. The van der Waals surface area contributed by atoms with Gasteiger partial charge in [-0.2, -0.15) is 13.2 Å². The molecule has 1 atom stereocenters. The van der Waals surface area contributed by atoms with Crippen LogP contribution in [0.2, 0.25) is 5.02 Å². The van der Waals surface area contributed by atoms with Gasteiger partial charge in [0, 0.05) is 4.88 Å². The maximum Gasteiger partial charge on any atom is 0.419 e. The highest BCUT2D eigenvalue weighted by molar-refractivity contribution is 7.10. The first-order valence-corrected chi connectivity index (χ1v) is 6.41. The Hall–Kier alpha value is -1.11. The average Bonchev–Trinajstić information content (AvgIpc) is 2.73. The minimum Gasteiger partial charge on any atom is -0.320 e. The first-order chi connectivity index (χ1) is 8.80. The van der Waals surface area contributed by atoms with Crippen molar-refractivity contribution in [3.63, 3.8) is 0 Å². The van der Waals surface area contributed by atoms with Crippen molar-refractivity contribution < 1.29 is 17.6 Å². The molecule has 19 heavy (non-hydrogen) atoms. The van der Waals surface area contributed by atoms with Crippen LogP contribution < -0.4 is 5.73 Å². The van der Waals surface area contributed by atoms with Gasteiger partial charge in [0.1, 0.15) is 5.82 Å². The topological polar surface area (TPSA) is 26.0 Å². The van der Waals surface area contributed by atoms with E-state index >= 15 is 0 Å². The van der Waals surface area contributed by atoms with Crippen molar-refractivity contribution in [2.45, 2.75) is 12.2 Å². The number of thiophene rings is 1. The molecule has 1 unspecified atom stereocenters. The van der Waals surface area contributed by atoms with E-state index in [0.717, 1.165) is 12.1 Å². The van der Waals surface area contributed by atoms with Gasteiger partial charge in [-0.1, -0.05) is 17.7 Å². The van der Waals surface area contributed by atoms with Crippen LogP contribution in [0.15, 0.2) is 29.6 Å². The summed E-state index contributed by atoms with van der Waals surface area (Å²) >= 11 is 7.12. The molecule has 0 bridgehead atoms. The van der Waals surface area contributed by atoms with E-state index in [1.165, 1.54) is 17.4 Å². The molecule has 2 rings (SSSR count). The molecule has 0 radical (unpaired) electrons. The highest BCUT2D eigenvalue weighted by Crippen LogP contribution is 2.36. The fourth-order valence-corrected chi connectivity index (χ4v) is 2.84. The van der Waals surface area contributed by atoms with Crippen LogP contribution in [0.3, 0.4) is 0 Å². The molecule has 0 aliphatic carbocycles. The Labute approximate surface area is 115 Å². The summed E-state index contributed by atoms with van der Waals surface area (Å²) in [5, 5.41) is 2.07. The maximum absolute atomic E-state index is 13.2. The first kappa shape index (κ1) is 14.3. The zero-order valence-corrected chi connectivity index (χ0v) is 10.9. The predicted octanol–water partition coefficient (Wildman–Crippen LogP) is 4.61. The molecule has 0 aliphatic rings. The summed E-state index contributed by atoms with van der Waals surface area (Å²) in [5.41, 5.74) is 4.70. The summed E-state index contributed by atoms with van der Waals surface area (Å²) in [7, 11) is 0. The van der Waals surface area contributed by atoms with E-state index < -0.39 is 23.6 Å². The molecular weight excluding hydrogens is 302 g/mol. The second-order valence-electron chi connectivity index (χ2n) is 3.85. The number of benzene rings is 1. The number of alkyl halides is 3. The van der Waals surface area contributed by atoms with Crippen molar-refractivity contribution in [2.24, 2.45) is 5.73 Å². The summed E-state index contributed by atoms with van der Waals surface area (Å²) < 4.78 is 51.0. The molecule has 1 aromatic carbocycles. The Morgan fingerprint density at radius 2 is 1.89 bits per heavy atom. The van der Waals surface area contributed by atoms with Crippen LogP contribution in [-0.4, -0.2) is 0 Å². The zero-order chi connectivity index (χ0) is 14.2. The van der Waals surface area contributed by atoms with Gasteiger partial charge in [-0.05, 0) is 29.1 Å². The second-order valence-corrected chi connectivity index (χ2v) is 5.20. The van der Waals surface area contributed by atoms with Gasteiger partial charge in [0.15, 0.2) is 0 Å². The Morgan fingerprint density at radius 3 is 2.42 bits per heavy atom. The van der Waals surface area contributed by atoms with Gasteiger partial charge >= 0.3 is 6.18 Å². The van der Waals surface area contributed by atoms with E-state index in [1.807, 2.05) is 0 Å². The van der Waals surface area contributed by atoms with Gasteiger partial charge in [0.25, 0.3) is 0 Å². The maximum atomic E-state index is 13.2. The molecule has 2 N–H and O–H groups in total. The number of hydrogen-bond donors (Lipinski definition) is 1. The van der Waals surface area contributed by atoms with E-state index in [2.05, 4.69) is 0 Å². The monoisotopic (exact) mass is 309 g/mol.